The molecule has 1 heterocycles. The predicted molar refractivity (Wildman–Crippen MR) is 29.5 cm³/mol. The molecule has 0 atom stereocenters. The molecule has 1 aliphatic rings. The number of hydrogen-bond acceptors (Lipinski definition) is 2. The number of hydrogen-bond donors (Lipinski definition) is 1. The van der Waals surface area contributed by atoms with Gasteiger partial charge in [-0.2, -0.15) is 0 Å². The Kier molecular flexibility index (Phi) is 1.37. The van der Waals surface area contributed by atoms with Gasteiger partial charge in [-0.15, -0.1) is 0 Å². The normalized spacial score (nSPS) is 25.5. The second-order valence-corrected chi connectivity index (χ2v) is 2.06. The first-order valence-corrected chi connectivity index (χ1v) is 2.55. The first-order valence-electron chi connectivity index (χ1n) is 2.15. The largest absolute Gasteiger partial charge is 0.253 e. The lowest BCUT2D eigenvalue weighted by Gasteiger charge is -1.99. The molecule has 0 aromatic carbocycles. The summed E-state index contributed by atoms with van der Waals surface area (Å²) in [4.78, 5) is 0. The maximum absolute atomic E-state index is 4.09. The zero-order valence-electron chi connectivity index (χ0n) is 3.59. The maximum atomic E-state index is 4.09. The second-order valence-electron chi connectivity index (χ2n) is 1.49. The van der Waals surface area contributed by atoms with Crippen LogP contribution < -0.4 is 0 Å². The molecule has 6 heavy (non-hydrogen) atoms. The van der Waals surface area contributed by atoms with E-state index in [2.05, 4.69) is 19.2 Å². The van der Waals surface area contributed by atoms with Gasteiger partial charge >= 0.3 is 0 Å². The highest BCUT2D eigenvalue weighted by Gasteiger charge is 2.04. The molecule has 35 valence electrons. The summed E-state index contributed by atoms with van der Waals surface area (Å²) in [5.41, 5.74) is 0. The topological polar surface area (TPSA) is 3.24 Å². The van der Waals surface area contributed by atoms with E-state index in [-0.39, 0.29) is 0 Å². The molecule has 0 aromatic heterocycles. The third-order valence-corrected chi connectivity index (χ3v) is 1.29. The van der Waals surface area contributed by atoms with Crippen molar-refractivity contribution in [3.63, 3.8) is 0 Å². The minimum atomic E-state index is 1.06. The molecule has 1 fully saturated rings. The van der Waals surface area contributed by atoms with Crippen molar-refractivity contribution in [1.29, 1.82) is 0 Å². The van der Waals surface area contributed by atoms with E-state index in [1.807, 2.05) is 4.31 Å². The van der Waals surface area contributed by atoms with E-state index in [1.165, 1.54) is 6.42 Å². The van der Waals surface area contributed by atoms with Crippen molar-refractivity contribution in [2.75, 3.05) is 13.1 Å². The minimum absolute atomic E-state index is 1.06. The number of thiol groups is 1. The van der Waals surface area contributed by atoms with Crippen LogP contribution in [0.15, 0.2) is 0 Å². The quantitative estimate of drug-likeness (QED) is 0.441. The summed E-state index contributed by atoms with van der Waals surface area (Å²) >= 11 is 4.09. The predicted octanol–water partition coefficient (Wildman–Crippen LogP) is 0.741. The molecular formula is C4H8NS. The van der Waals surface area contributed by atoms with Crippen LogP contribution in [0.25, 0.3) is 0 Å². The van der Waals surface area contributed by atoms with E-state index in [0.717, 1.165) is 13.1 Å². The first-order chi connectivity index (χ1) is 2.89. The van der Waals surface area contributed by atoms with Gasteiger partial charge in [0.1, 0.15) is 0 Å². The second kappa shape index (κ2) is 1.85. The van der Waals surface area contributed by atoms with Gasteiger partial charge in [-0.1, -0.05) is 12.8 Å². The third kappa shape index (κ3) is 0.884. The van der Waals surface area contributed by atoms with Crippen LogP contribution in [0.3, 0.4) is 0 Å². The lowest BCUT2D eigenvalue weighted by molar-refractivity contribution is 0.603. The Hall–Kier alpha value is 0.310. The van der Waals surface area contributed by atoms with Gasteiger partial charge in [0.25, 0.3) is 0 Å². The Labute approximate surface area is 43.9 Å². The highest BCUT2D eigenvalue weighted by molar-refractivity contribution is 7.77. The molecule has 1 saturated heterocycles. The van der Waals surface area contributed by atoms with Crippen LogP contribution in [0.4, 0.5) is 0 Å². The summed E-state index contributed by atoms with van der Waals surface area (Å²) in [5.74, 6) is 0. The van der Waals surface area contributed by atoms with E-state index in [1.54, 1.807) is 0 Å². The molecule has 0 aliphatic carbocycles. The van der Waals surface area contributed by atoms with Crippen LogP contribution >= 0.6 is 12.8 Å². The lowest BCUT2D eigenvalue weighted by Crippen LogP contribution is -2.02. The van der Waals surface area contributed by atoms with E-state index in [0.29, 0.717) is 0 Å². The highest BCUT2D eigenvalue weighted by Crippen LogP contribution is 2.06. The first kappa shape index (κ1) is 4.47. The van der Waals surface area contributed by atoms with Gasteiger partial charge in [0, 0.05) is 13.1 Å². The summed E-state index contributed by atoms with van der Waals surface area (Å²) in [6.07, 6.45) is 3.44. The molecule has 0 amide bonds. The summed E-state index contributed by atoms with van der Waals surface area (Å²) < 4.78 is 2.00. The van der Waals surface area contributed by atoms with Gasteiger partial charge < -0.3 is 0 Å². The van der Waals surface area contributed by atoms with Crippen molar-refractivity contribution in [3.8, 4) is 0 Å². The van der Waals surface area contributed by atoms with Gasteiger partial charge in [-0.25, -0.2) is 0 Å². The fraction of sp³-hybridized carbons (Fsp3) is 0.750. The smallest absolute Gasteiger partial charge is 0.0119 e. The van der Waals surface area contributed by atoms with E-state index in [4.69, 9.17) is 0 Å². The van der Waals surface area contributed by atoms with Gasteiger partial charge in [0.05, 0.1) is 0 Å². The maximum Gasteiger partial charge on any atom is 0.0119 e. The average molecular weight is 102 g/mol. The van der Waals surface area contributed by atoms with Crippen molar-refractivity contribution < 1.29 is 0 Å². The average Bonchev–Trinajstić information content (AvgIpc) is 1.86. The van der Waals surface area contributed by atoms with E-state index < -0.39 is 0 Å². The molecule has 2 heteroatoms. The van der Waals surface area contributed by atoms with Crippen molar-refractivity contribution >= 4 is 12.8 Å². The fourth-order valence-electron chi connectivity index (χ4n) is 0.572. The van der Waals surface area contributed by atoms with E-state index in [9.17, 15) is 0 Å². The van der Waals surface area contributed by atoms with Crippen molar-refractivity contribution in [2.24, 2.45) is 0 Å². The fourth-order valence-corrected chi connectivity index (χ4v) is 0.803. The number of nitrogens with zero attached hydrogens (tertiary/aromatic N) is 1. The van der Waals surface area contributed by atoms with Crippen molar-refractivity contribution in [3.05, 3.63) is 6.42 Å². The molecule has 1 nitrogen and oxygen atoms in total. The van der Waals surface area contributed by atoms with Gasteiger partial charge in [0.2, 0.25) is 0 Å². The monoisotopic (exact) mass is 102 g/mol. The molecule has 0 unspecified atom stereocenters. The molecule has 0 N–H and O–H groups in total. The summed E-state index contributed by atoms with van der Waals surface area (Å²) in [5, 5.41) is 0. The summed E-state index contributed by atoms with van der Waals surface area (Å²) in [6, 6.07) is 0. The number of rotatable bonds is 0. The molecule has 0 spiro atoms. The Bertz CT molecular complexity index is 40.8. The zero-order valence-corrected chi connectivity index (χ0v) is 4.49. The Morgan fingerprint density at radius 1 is 1.67 bits per heavy atom. The minimum Gasteiger partial charge on any atom is -0.253 e. The van der Waals surface area contributed by atoms with E-state index >= 15 is 0 Å². The zero-order chi connectivity index (χ0) is 4.41. The van der Waals surface area contributed by atoms with Crippen LogP contribution in [-0.4, -0.2) is 17.4 Å². The lowest BCUT2D eigenvalue weighted by atomic mass is 10.4. The molecule has 1 aliphatic heterocycles. The van der Waals surface area contributed by atoms with Crippen LogP contribution in [-0.2, 0) is 0 Å². The van der Waals surface area contributed by atoms with Gasteiger partial charge in [-0.05, 0) is 12.8 Å². The molecule has 1 radical (unpaired) electrons. The van der Waals surface area contributed by atoms with Gasteiger partial charge in [-0.3, -0.25) is 4.31 Å². The third-order valence-electron chi connectivity index (χ3n) is 0.931. The molecule has 0 aromatic rings. The van der Waals surface area contributed by atoms with Crippen LogP contribution in [0, 0.1) is 6.42 Å². The van der Waals surface area contributed by atoms with Crippen molar-refractivity contribution in [2.45, 2.75) is 6.42 Å². The standard InChI is InChI=1S/C4H8NS/c6-5-3-1-2-4-5/h1,6H,2-4H2. The van der Waals surface area contributed by atoms with Crippen LogP contribution in [0.2, 0.25) is 0 Å². The van der Waals surface area contributed by atoms with Crippen LogP contribution in [0.1, 0.15) is 6.42 Å². The molecule has 0 bridgehead atoms. The van der Waals surface area contributed by atoms with Crippen molar-refractivity contribution in [1.82, 2.24) is 4.31 Å². The molecule has 1 rings (SSSR count). The Balaban J connectivity index is 2.18. The SMILES string of the molecule is SN1C[CH]CC1. The van der Waals surface area contributed by atoms with Gasteiger partial charge in [0.15, 0.2) is 0 Å². The summed E-state index contributed by atoms with van der Waals surface area (Å²) in [7, 11) is 0. The Morgan fingerprint density at radius 2 is 2.50 bits per heavy atom. The Morgan fingerprint density at radius 3 is 2.67 bits per heavy atom. The summed E-state index contributed by atoms with van der Waals surface area (Å²) in [6.45, 7) is 2.19. The van der Waals surface area contributed by atoms with Crippen LogP contribution in [0.5, 0.6) is 0 Å². The molecular weight excluding hydrogens is 94.1 g/mol. The molecule has 0 saturated carbocycles. The highest BCUT2D eigenvalue weighted by atomic mass is 32.1.